The van der Waals surface area contributed by atoms with Gasteiger partial charge in [-0.05, 0) is 61.2 Å². The highest BCUT2D eigenvalue weighted by atomic mass is 16.5. The quantitative estimate of drug-likeness (QED) is 0.427. The van der Waals surface area contributed by atoms with Gasteiger partial charge in [-0.1, -0.05) is 36.4 Å². The number of rotatable bonds is 7. The number of aromatic nitrogens is 1. The van der Waals surface area contributed by atoms with E-state index in [0.717, 1.165) is 22.3 Å². The number of fused-ring (bicyclic) bond motifs is 1. The Morgan fingerprint density at radius 1 is 1.09 bits per heavy atom. The van der Waals surface area contributed by atoms with Gasteiger partial charge in [-0.25, -0.2) is 4.79 Å². The maximum atomic E-state index is 12.8. The summed E-state index contributed by atoms with van der Waals surface area (Å²) in [7, 11) is 0. The fourth-order valence-electron chi connectivity index (χ4n) is 3.81. The van der Waals surface area contributed by atoms with Crippen molar-refractivity contribution in [2.24, 2.45) is 0 Å². The minimum absolute atomic E-state index is 0.243. The minimum Gasteiger partial charge on any atom is -0.480 e. The number of nitrogens with zero attached hydrogens (tertiary/aromatic N) is 1. The molecule has 6 heteroatoms. The summed E-state index contributed by atoms with van der Waals surface area (Å²) in [6, 6.07) is 17.2. The van der Waals surface area contributed by atoms with Crippen LogP contribution in [0.4, 0.5) is 0 Å². The summed E-state index contributed by atoms with van der Waals surface area (Å²) in [6.45, 7) is 5.86. The largest absolute Gasteiger partial charge is 0.480 e. The molecule has 0 radical (unpaired) electrons. The van der Waals surface area contributed by atoms with Crippen LogP contribution in [0.2, 0.25) is 0 Å². The molecule has 1 atom stereocenters. The van der Waals surface area contributed by atoms with Crippen LogP contribution in [0, 0.1) is 13.8 Å². The molecule has 0 fully saturated rings. The molecule has 2 heterocycles. The molecule has 4 rings (SSSR count). The summed E-state index contributed by atoms with van der Waals surface area (Å²) >= 11 is 0. The second-order valence-corrected chi connectivity index (χ2v) is 8.13. The number of pyridine rings is 1. The number of ether oxygens (including phenoxy) is 1. The third-order valence-corrected chi connectivity index (χ3v) is 5.57. The normalized spacial score (nSPS) is 11.8. The standard InChI is InChI=1S/C27H26N2O4/c1-17-12-23(32-19(3)26(30)29-16-21-10-7-11-28-15-21)25-18(2)22(27(31)33-24(25)13-17)14-20-8-5-4-6-9-20/h4-13,15,19H,14,16H2,1-3H3,(H,29,30)/t19-/m1/s1. The van der Waals surface area contributed by atoms with Crippen LogP contribution in [0.15, 0.2) is 76.2 Å². The van der Waals surface area contributed by atoms with Crippen LogP contribution < -0.4 is 15.7 Å². The molecule has 0 aliphatic rings. The van der Waals surface area contributed by atoms with E-state index in [9.17, 15) is 9.59 Å². The molecule has 0 aliphatic heterocycles. The van der Waals surface area contributed by atoms with Gasteiger partial charge >= 0.3 is 5.63 Å². The van der Waals surface area contributed by atoms with Gasteiger partial charge in [0.05, 0.1) is 5.39 Å². The molecule has 0 saturated carbocycles. The monoisotopic (exact) mass is 442 g/mol. The molecule has 168 valence electrons. The Morgan fingerprint density at radius 3 is 2.58 bits per heavy atom. The van der Waals surface area contributed by atoms with E-state index >= 15 is 0 Å². The van der Waals surface area contributed by atoms with Gasteiger partial charge in [-0.15, -0.1) is 0 Å². The molecule has 1 amide bonds. The smallest absolute Gasteiger partial charge is 0.340 e. The fraction of sp³-hybridized carbons (Fsp3) is 0.222. The van der Waals surface area contributed by atoms with Crippen LogP contribution in [-0.4, -0.2) is 17.0 Å². The molecule has 0 spiro atoms. The maximum absolute atomic E-state index is 12.8. The number of carbonyl (C=O) groups is 1. The van der Waals surface area contributed by atoms with Crippen LogP contribution in [0.25, 0.3) is 11.0 Å². The van der Waals surface area contributed by atoms with Crippen molar-refractivity contribution in [1.29, 1.82) is 0 Å². The number of carbonyl (C=O) groups excluding carboxylic acids is 1. The van der Waals surface area contributed by atoms with E-state index in [1.54, 1.807) is 19.3 Å². The fourth-order valence-corrected chi connectivity index (χ4v) is 3.81. The average molecular weight is 443 g/mol. The van der Waals surface area contributed by atoms with Crippen LogP contribution >= 0.6 is 0 Å². The lowest BCUT2D eigenvalue weighted by atomic mass is 9.98. The van der Waals surface area contributed by atoms with Crippen LogP contribution in [0.3, 0.4) is 0 Å². The maximum Gasteiger partial charge on any atom is 0.340 e. The molecule has 0 unspecified atom stereocenters. The van der Waals surface area contributed by atoms with Crippen LogP contribution in [0.1, 0.15) is 34.7 Å². The van der Waals surface area contributed by atoms with Crippen molar-refractivity contribution in [3.05, 3.63) is 105 Å². The summed E-state index contributed by atoms with van der Waals surface area (Å²) in [5.74, 6) is 0.276. The molecule has 1 N–H and O–H groups in total. The molecule has 4 aromatic rings. The summed E-state index contributed by atoms with van der Waals surface area (Å²) in [4.78, 5) is 29.5. The molecular formula is C27H26N2O4. The number of hydrogen-bond acceptors (Lipinski definition) is 5. The van der Waals surface area contributed by atoms with Gasteiger partial charge in [0.15, 0.2) is 6.10 Å². The van der Waals surface area contributed by atoms with Crippen molar-refractivity contribution in [3.8, 4) is 5.75 Å². The van der Waals surface area contributed by atoms with Gasteiger partial charge in [0.25, 0.3) is 5.91 Å². The van der Waals surface area contributed by atoms with E-state index in [4.69, 9.17) is 9.15 Å². The molecule has 0 saturated heterocycles. The first kappa shape index (κ1) is 22.3. The Hall–Kier alpha value is -3.93. The van der Waals surface area contributed by atoms with Gasteiger partial charge < -0.3 is 14.5 Å². The zero-order chi connectivity index (χ0) is 23.4. The molecule has 0 aliphatic carbocycles. The highest BCUT2D eigenvalue weighted by molar-refractivity contribution is 5.89. The molecule has 2 aromatic heterocycles. The van der Waals surface area contributed by atoms with Crippen LogP contribution in [0.5, 0.6) is 5.75 Å². The Labute approximate surface area is 192 Å². The first-order valence-corrected chi connectivity index (χ1v) is 10.9. The van der Waals surface area contributed by atoms with Gasteiger partial charge in [-0.2, -0.15) is 0 Å². The number of hydrogen-bond donors (Lipinski definition) is 1. The van der Waals surface area contributed by atoms with E-state index < -0.39 is 6.10 Å². The highest BCUT2D eigenvalue weighted by Gasteiger charge is 2.20. The molecule has 2 aromatic carbocycles. The van der Waals surface area contributed by atoms with Crippen molar-refractivity contribution in [1.82, 2.24) is 10.3 Å². The van der Waals surface area contributed by atoms with E-state index in [1.165, 1.54) is 0 Å². The SMILES string of the molecule is Cc1cc(O[C@H](C)C(=O)NCc2cccnc2)c2c(C)c(Cc3ccccc3)c(=O)oc2c1. The lowest BCUT2D eigenvalue weighted by Gasteiger charge is -2.18. The predicted octanol–water partition coefficient (Wildman–Crippen LogP) is 4.48. The Balaban J connectivity index is 1.63. The van der Waals surface area contributed by atoms with E-state index in [2.05, 4.69) is 10.3 Å². The molecular weight excluding hydrogens is 416 g/mol. The van der Waals surface area contributed by atoms with E-state index in [1.807, 2.05) is 68.4 Å². The van der Waals surface area contributed by atoms with Gasteiger partial charge in [0.1, 0.15) is 11.3 Å². The lowest BCUT2D eigenvalue weighted by Crippen LogP contribution is -2.36. The summed E-state index contributed by atoms with van der Waals surface area (Å²) in [5.41, 5.74) is 4.26. The van der Waals surface area contributed by atoms with Crippen molar-refractivity contribution in [2.75, 3.05) is 0 Å². The predicted molar refractivity (Wildman–Crippen MR) is 127 cm³/mol. The summed E-state index contributed by atoms with van der Waals surface area (Å²) in [5, 5.41) is 3.58. The topological polar surface area (TPSA) is 81.4 Å². The highest BCUT2D eigenvalue weighted by Crippen LogP contribution is 2.32. The zero-order valence-corrected chi connectivity index (χ0v) is 18.9. The number of amides is 1. The van der Waals surface area contributed by atoms with Crippen molar-refractivity contribution in [3.63, 3.8) is 0 Å². The number of benzene rings is 2. The third-order valence-electron chi connectivity index (χ3n) is 5.57. The molecule has 33 heavy (non-hydrogen) atoms. The Bertz CT molecular complexity index is 1330. The summed E-state index contributed by atoms with van der Waals surface area (Å²) < 4.78 is 11.8. The second kappa shape index (κ2) is 9.69. The lowest BCUT2D eigenvalue weighted by molar-refractivity contribution is -0.127. The average Bonchev–Trinajstić information content (AvgIpc) is 2.81. The third kappa shape index (κ3) is 5.12. The van der Waals surface area contributed by atoms with Crippen molar-refractivity contribution >= 4 is 16.9 Å². The van der Waals surface area contributed by atoms with Gasteiger partial charge in [-0.3, -0.25) is 9.78 Å². The minimum atomic E-state index is -0.740. The van der Waals surface area contributed by atoms with E-state index in [0.29, 0.717) is 35.2 Å². The van der Waals surface area contributed by atoms with Gasteiger partial charge in [0, 0.05) is 30.9 Å². The van der Waals surface area contributed by atoms with Crippen molar-refractivity contribution < 1.29 is 13.9 Å². The van der Waals surface area contributed by atoms with Gasteiger partial charge in [0.2, 0.25) is 0 Å². The summed E-state index contributed by atoms with van der Waals surface area (Å²) in [6.07, 6.45) is 3.11. The molecule has 0 bridgehead atoms. The van der Waals surface area contributed by atoms with Crippen LogP contribution in [-0.2, 0) is 17.8 Å². The first-order valence-electron chi connectivity index (χ1n) is 10.9. The number of nitrogens with one attached hydrogen (secondary N) is 1. The Kier molecular flexibility index (Phi) is 6.54. The number of aryl methyl sites for hydroxylation is 2. The first-order chi connectivity index (χ1) is 15.9. The van der Waals surface area contributed by atoms with E-state index in [-0.39, 0.29) is 11.5 Å². The van der Waals surface area contributed by atoms with Crippen molar-refractivity contribution in [2.45, 2.75) is 39.8 Å². The second-order valence-electron chi connectivity index (χ2n) is 8.13. The Morgan fingerprint density at radius 2 is 1.85 bits per heavy atom. The zero-order valence-electron chi connectivity index (χ0n) is 18.9. The molecule has 6 nitrogen and oxygen atoms in total.